The third-order valence-corrected chi connectivity index (χ3v) is 9.45. The number of rotatable bonds is 8. The molecule has 4 aliphatic rings. The third-order valence-electron chi connectivity index (χ3n) is 8.90. The first-order chi connectivity index (χ1) is 16.6. The summed E-state index contributed by atoms with van der Waals surface area (Å²) in [5.41, 5.74) is -3.21. The molecule has 3 saturated carbocycles. The van der Waals surface area contributed by atoms with E-state index in [2.05, 4.69) is 4.18 Å². The van der Waals surface area contributed by atoms with Crippen molar-refractivity contribution in [1.29, 1.82) is 0 Å². The van der Waals surface area contributed by atoms with Gasteiger partial charge in [-0.25, -0.2) is 0 Å². The van der Waals surface area contributed by atoms with Crippen molar-refractivity contribution >= 4 is 21.7 Å². The molecule has 0 radical (unpaired) electrons. The molecule has 13 nitrogen and oxygen atoms in total. The molecule has 4 rings (SSSR count). The van der Waals surface area contributed by atoms with E-state index < -0.39 is 61.1 Å². The predicted octanol–water partition coefficient (Wildman–Crippen LogP) is 1.97. The lowest BCUT2D eigenvalue weighted by Crippen LogP contribution is -2.63. The molecule has 0 amide bonds. The van der Waals surface area contributed by atoms with E-state index in [9.17, 15) is 38.2 Å². The minimum absolute atomic E-state index is 0.0801. The number of carbonyl (C=O) groups excluding carboxylic acids is 2. The summed E-state index contributed by atoms with van der Waals surface area (Å²) in [5.74, 6) is -2.07. The number of fused-ring (bicyclic) bond motifs is 5. The van der Waals surface area contributed by atoms with E-state index in [-0.39, 0.29) is 30.5 Å². The van der Waals surface area contributed by atoms with Gasteiger partial charge in [0.05, 0.1) is 6.26 Å². The number of hydrogen-bond donors (Lipinski definition) is 0. The molecule has 0 aliphatic heterocycles. The number of nitrogens with zero attached hydrogens (tertiary/aromatic N) is 2. The van der Waals surface area contributed by atoms with Crippen molar-refractivity contribution in [3.63, 3.8) is 0 Å². The van der Waals surface area contributed by atoms with E-state index in [0.29, 0.717) is 19.3 Å². The largest absolute Gasteiger partial charge is 0.310 e. The monoisotopic (exact) mass is 528 g/mol. The van der Waals surface area contributed by atoms with Gasteiger partial charge in [0.2, 0.25) is 0 Å². The molecule has 0 spiro atoms. The third kappa shape index (κ3) is 4.09. The van der Waals surface area contributed by atoms with Crippen LogP contribution >= 0.6 is 0 Å². The van der Waals surface area contributed by atoms with Gasteiger partial charge in [0.25, 0.3) is 20.3 Å². The van der Waals surface area contributed by atoms with Crippen LogP contribution in [0.4, 0.5) is 0 Å². The van der Waals surface area contributed by atoms with Crippen molar-refractivity contribution in [2.24, 2.45) is 28.6 Å². The zero-order valence-corrected chi connectivity index (χ0v) is 20.9. The van der Waals surface area contributed by atoms with Gasteiger partial charge in [-0.3, -0.25) is 18.6 Å². The van der Waals surface area contributed by atoms with Gasteiger partial charge < -0.3 is 4.84 Å². The molecule has 0 aromatic carbocycles. The van der Waals surface area contributed by atoms with Gasteiger partial charge in [0, 0.05) is 16.7 Å². The molecule has 36 heavy (non-hydrogen) atoms. The molecular formula is C22H28N2O11S. The highest BCUT2D eigenvalue weighted by atomic mass is 32.2. The van der Waals surface area contributed by atoms with Crippen molar-refractivity contribution in [2.45, 2.75) is 57.7 Å². The normalized spacial score (nSPS) is 39.3. The topological polar surface area (TPSA) is 182 Å². The highest BCUT2D eigenvalue weighted by Crippen LogP contribution is 2.68. The quantitative estimate of drug-likeness (QED) is 0.255. The van der Waals surface area contributed by atoms with Gasteiger partial charge in [-0.15, -0.1) is 20.2 Å². The highest BCUT2D eigenvalue weighted by molar-refractivity contribution is 7.86. The number of allylic oxidation sites excluding steroid dienone is 4. The Bertz CT molecular complexity index is 1180. The molecule has 1 unspecified atom stereocenters. The lowest BCUT2D eigenvalue weighted by atomic mass is 9.46. The smallest absolute Gasteiger partial charge is 0.295 e. The summed E-state index contributed by atoms with van der Waals surface area (Å²) in [6, 6.07) is 0. The van der Waals surface area contributed by atoms with Crippen molar-refractivity contribution in [1.82, 2.24) is 0 Å². The summed E-state index contributed by atoms with van der Waals surface area (Å²) in [6.07, 6.45) is 5.65. The van der Waals surface area contributed by atoms with Crippen LogP contribution < -0.4 is 0 Å². The number of ketones is 2. The number of hydrogen-bond acceptors (Lipinski definition) is 11. The Balaban J connectivity index is 1.80. The Kier molecular flexibility index (Phi) is 6.27. The van der Waals surface area contributed by atoms with E-state index in [1.165, 1.54) is 6.08 Å². The molecule has 4 aliphatic carbocycles. The molecule has 0 aromatic rings. The van der Waals surface area contributed by atoms with E-state index in [1.807, 2.05) is 6.92 Å². The Morgan fingerprint density at radius 1 is 1.19 bits per heavy atom. The van der Waals surface area contributed by atoms with Crippen LogP contribution in [0, 0.1) is 48.8 Å². The summed E-state index contributed by atoms with van der Waals surface area (Å²) in [5, 5.41) is 21.1. The van der Waals surface area contributed by atoms with Crippen molar-refractivity contribution in [3.05, 3.63) is 44.0 Å². The minimum atomic E-state index is -4.03. The van der Waals surface area contributed by atoms with Crippen molar-refractivity contribution < 1.29 is 42.0 Å². The summed E-state index contributed by atoms with van der Waals surface area (Å²) in [7, 11) is -4.03. The summed E-state index contributed by atoms with van der Waals surface area (Å²) in [4.78, 5) is 58.8. The van der Waals surface area contributed by atoms with Crippen LogP contribution in [0.15, 0.2) is 23.8 Å². The lowest BCUT2D eigenvalue weighted by molar-refractivity contribution is -0.783. The average molecular weight is 529 g/mol. The fraction of sp³-hybridized carbons (Fsp3) is 0.727. The van der Waals surface area contributed by atoms with Crippen LogP contribution in [0.2, 0.25) is 0 Å². The molecule has 7 atom stereocenters. The number of Topliss-reactive ketones (excluding diaryl/α,β-unsaturated/α-hetero) is 1. The van der Waals surface area contributed by atoms with Crippen LogP contribution in [0.25, 0.3) is 0 Å². The van der Waals surface area contributed by atoms with E-state index in [0.717, 1.165) is 11.8 Å². The molecular weight excluding hydrogens is 500 g/mol. The van der Waals surface area contributed by atoms with E-state index in [4.69, 9.17) is 9.68 Å². The van der Waals surface area contributed by atoms with Gasteiger partial charge in [-0.05, 0) is 56.1 Å². The van der Waals surface area contributed by atoms with Crippen molar-refractivity contribution in [2.75, 3.05) is 12.9 Å². The lowest BCUT2D eigenvalue weighted by Gasteiger charge is -2.60. The molecule has 0 bridgehead atoms. The van der Waals surface area contributed by atoms with Crippen LogP contribution in [0.3, 0.4) is 0 Å². The van der Waals surface area contributed by atoms with Gasteiger partial charge >= 0.3 is 0 Å². The van der Waals surface area contributed by atoms with Crippen LogP contribution in [0.5, 0.6) is 0 Å². The second kappa shape index (κ2) is 8.61. The minimum Gasteiger partial charge on any atom is -0.310 e. The maximum absolute atomic E-state index is 13.4. The Morgan fingerprint density at radius 3 is 2.50 bits per heavy atom. The molecule has 0 N–H and O–H groups in total. The predicted molar refractivity (Wildman–Crippen MR) is 120 cm³/mol. The van der Waals surface area contributed by atoms with Crippen LogP contribution in [-0.4, -0.2) is 54.7 Å². The molecule has 198 valence electrons. The van der Waals surface area contributed by atoms with Gasteiger partial charge in [-0.2, -0.15) is 8.42 Å². The first-order valence-corrected chi connectivity index (χ1v) is 13.4. The Hall–Kier alpha value is -2.87. The van der Waals surface area contributed by atoms with E-state index >= 15 is 0 Å². The number of carbonyl (C=O) groups is 2. The Labute approximate surface area is 207 Å². The molecule has 0 heterocycles. The Morgan fingerprint density at radius 2 is 1.89 bits per heavy atom. The first kappa shape index (κ1) is 26.2. The fourth-order valence-corrected chi connectivity index (χ4v) is 7.87. The van der Waals surface area contributed by atoms with Crippen LogP contribution in [0.1, 0.15) is 46.0 Å². The highest BCUT2D eigenvalue weighted by Gasteiger charge is 2.71. The zero-order valence-electron chi connectivity index (χ0n) is 20.1. The molecule has 0 aromatic heterocycles. The summed E-state index contributed by atoms with van der Waals surface area (Å²) < 4.78 is 27.7. The second-order valence-electron chi connectivity index (χ2n) is 10.6. The standard InChI is InChI=1S/C22H28N2O11S/c1-20-8-6-14(25)10-13(20)4-5-15-16-7-9-22(35-24(29)30,18(26)12-33-36(3,31)32)21(16,2)11-17(19(15)20)34-23(27)28/h6,8,10,15-17,19H,4-5,7,9,11-12H2,1-3H3/t15-,16-,17?,19+,20-,21-,22-/m0/s1. The SMILES string of the molecule is C[C@]12C=CC(=O)C=C1CC[C@@H]1[C@@H]2C(O[N+](=O)[O-])C[C@@]2(C)[C@H]1CC[C@]2(O[N+](=O)[O-])C(=O)COS(C)(=O)=O. The maximum atomic E-state index is 13.4. The second-order valence-corrected chi connectivity index (χ2v) is 12.2. The van der Waals surface area contributed by atoms with Crippen LogP contribution in [-0.2, 0) is 33.6 Å². The molecule has 0 saturated heterocycles. The fourth-order valence-electron chi connectivity index (χ4n) is 7.55. The van der Waals surface area contributed by atoms with E-state index in [1.54, 1.807) is 19.1 Å². The molecule has 14 heteroatoms. The zero-order chi connectivity index (χ0) is 26.7. The van der Waals surface area contributed by atoms with Gasteiger partial charge in [0.1, 0.15) is 12.7 Å². The average Bonchev–Trinajstić information content (AvgIpc) is 3.03. The summed E-state index contributed by atoms with van der Waals surface area (Å²) in [6.45, 7) is 2.56. The van der Waals surface area contributed by atoms with Gasteiger partial charge in [-0.1, -0.05) is 25.5 Å². The molecule has 3 fully saturated rings. The maximum Gasteiger partial charge on any atom is 0.295 e. The van der Waals surface area contributed by atoms with Crippen molar-refractivity contribution in [3.8, 4) is 0 Å². The summed E-state index contributed by atoms with van der Waals surface area (Å²) >= 11 is 0. The van der Waals surface area contributed by atoms with Gasteiger partial charge in [0.15, 0.2) is 17.2 Å². The first-order valence-electron chi connectivity index (χ1n) is 11.6.